The lowest BCUT2D eigenvalue weighted by Crippen LogP contribution is -2.41. The summed E-state index contributed by atoms with van der Waals surface area (Å²) in [7, 11) is 3.20. The molecule has 0 aliphatic heterocycles. The van der Waals surface area contributed by atoms with Gasteiger partial charge in [-0.2, -0.15) is 0 Å². The SMILES string of the molecule is COc1ccc(C(OCC(O)Cn2c(=O)cc[nH]c2=O)(c2ccccc2)c2ccc(OC)cc2)cc1. The Balaban J connectivity index is 1.79. The Morgan fingerprint density at radius 2 is 1.33 bits per heavy atom. The molecule has 0 bridgehead atoms. The summed E-state index contributed by atoms with van der Waals surface area (Å²) in [6.07, 6.45) is 0.142. The largest absolute Gasteiger partial charge is 0.497 e. The number of H-pyrrole nitrogens is 1. The second-order valence-electron chi connectivity index (χ2n) is 8.20. The summed E-state index contributed by atoms with van der Waals surface area (Å²) in [4.78, 5) is 26.7. The molecule has 4 rings (SSSR count). The topological polar surface area (TPSA) is 103 Å². The van der Waals surface area contributed by atoms with Gasteiger partial charge in [0.25, 0.3) is 5.56 Å². The lowest BCUT2D eigenvalue weighted by atomic mass is 9.80. The molecule has 1 heterocycles. The van der Waals surface area contributed by atoms with Gasteiger partial charge >= 0.3 is 5.69 Å². The Bertz CT molecular complexity index is 1300. The first-order valence-corrected chi connectivity index (χ1v) is 11.4. The molecule has 186 valence electrons. The normalized spacial score (nSPS) is 12.2. The van der Waals surface area contributed by atoms with E-state index in [0.29, 0.717) is 11.5 Å². The number of benzene rings is 3. The van der Waals surface area contributed by atoms with E-state index < -0.39 is 23.0 Å². The standard InChI is InChI=1S/C28H28N2O6/c1-34-24-12-8-21(9-13-24)28(20-6-4-3-5-7-20,22-10-14-25(35-2)15-11-22)36-19-23(31)18-30-26(32)16-17-29-27(30)33/h3-17,23,31H,18-19H2,1-2H3,(H,29,33). The first-order valence-electron chi connectivity index (χ1n) is 11.4. The van der Waals surface area contributed by atoms with Crippen LogP contribution in [0, 0.1) is 0 Å². The molecule has 0 saturated carbocycles. The number of aliphatic hydroxyl groups is 1. The van der Waals surface area contributed by atoms with Crippen LogP contribution in [0.3, 0.4) is 0 Å². The minimum Gasteiger partial charge on any atom is -0.497 e. The third kappa shape index (κ3) is 5.10. The van der Waals surface area contributed by atoms with Crippen molar-refractivity contribution in [3.63, 3.8) is 0 Å². The smallest absolute Gasteiger partial charge is 0.328 e. The molecule has 36 heavy (non-hydrogen) atoms. The highest BCUT2D eigenvalue weighted by Gasteiger charge is 2.38. The van der Waals surface area contributed by atoms with Crippen molar-refractivity contribution in [2.24, 2.45) is 0 Å². The van der Waals surface area contributed by atoms with Crippen molar-refractivity contribution < 1.29 is 19.3 Å². The van der Waals surface area contributed by atoms with Crippen LogP contribution in [0.15, 0.2) is 101 Å². The molecule has 1 aromatic heterocycles. The summed E-state index contributed by atoms with van der Waals surface area (Å²) in [5.41, 5.74) is 0.235. The maximum absolute atomic E-state index is 12.1. The number of rotatable bonds is 10. The Hall–Kier alpha value is -4.14. The average Bonchev–Trinajstić information content (AvgIpc) is 2.92. The molecule has 0 saturated heterocycles. The zero-order chi connectivity index (χ0) is 25.5. The predicted octanol–water partition coefficient (Wildman–Crippen LogP) is 2.92. The zero-order valence-corrected chi connectivity index (χ0v) is 20.1. The lowest BCUT2D eigenvalue weighted by Gasteiger charge is -2.36. The lowest BCUT2D eigenvalue weighted by molar-refractivity contribution is -0.0428. The van der Waals surface area contributed by atoms with Crippen LogP contribution in [0.2, 0.25) is 0 Å². The summed E-state index contributed by atoms with van der Waals surface area (Å²) in [6.45, 7) is -0.376. The van der Waals surface area contributed by atoms with Crippen LogP contribution in [0.4, 0.5) is 0 Å². The van der Waals surface area contributed by atoms with Crippen molar-refractivity contribution in [2.75, 3.05) is 20.8 Å². The number of nitrogens with zero attached hydrogens (tertiary/aromatic N) is 1. The van der Waals surface area contributed by atoms with Gasteiger partial charge in [0.1, 0.15) is 17.1 Å². The average molecular weight is 489 g/mol. The van der Waals surface area contributed by atoms with E-state index in [-0.39, 0.29) is 13.2 Å². The van der Waals surface area contributed by atoms with Crippen LogP contribution < -0.4 is 20.7 Å². The summed E-state index contributed by atoms with van der Waals surface area (Å²) < 4.78 is 18.2. The highest BCUT2D eigenvalue weighted by atomic mass is 16.5. The number of aliphatic hydroxyl groups excluding tert-OH is 1. The minimum absolute atomic E-state index is 0.159. The van der Waals surface area contributed by atoms with Gasteiger partial charge in [-0.25, -0.2) is 4.79 Å². The molecule has 0 aliphatic rings. The second kappa shape index (κ2) is 11.1. The fraction of sp³-hybridized carbons (Fsp3) is 0.214. The van der Waals surface area contributed by atoms with E-state index in [9.17, 15) is 14.7 Å². The van der Waals surface area contributed by atoms with Crippen LogP contribution >= 0.6 is 0 Å². The van der Waals surface area contributed by atoms with Crippen molar-refractivity contribution in [1.29, 1.82) is 0 Å². The first kappa shape index (κ1) is 25.0. The summed E-state index contributed by atoms with van der Waals surface area (Å²) in [5, 5.41) is 10.8. The summed E-state index contributed by atoms with van der Waals surface area (Å²) in [5.74, 6) is 1.39. The second-order valence-corrected chi connectivity index (χ2v) is 8.20. The van der Waals surface area contributed by atoms with Crippen LogP contribution in [0.1, 0.15) is 16.7 Å². The number of aromatic amines is 1. The molecule has 0 radical (unpaired) electrons. The molecule has 0 aliphatic carbocycles. The molecule has 2 N–H and O–H groups in total. The van der Waals surface area contributed by atoms with E-state index >= 15 is 0 Å². The van der Waals surface area contributed by atoms with Crippen LogP contribution in [-0.4, -0.2) is 41.6 Å². The van der Waals surface area contributed by atoms with Gasteiger partial charge in [-0.3, -0.25) is 9.36 Å². The number of nitrogens with one attached hydrogen (secondary N) is 1. The van der Waals surface area contributed by atoms with Gasteiger partial charge in [-0.05, 0) is 41.0 Å². The molecule has 1 atom stereocenters. The summed E-state index contributed by atoms with van der Waals surface area (Å²) >= 11 is 0. The Labute approximate surface area is 208 Å². The van der Waals surface area contributed by atoms with Gasteiger partial charge in [0.15, 0.2) is 0 Å². The maximum Gasteiger partial charge on any atom is 0.328 e. The van der Waals surface area contributed by atoms with Crippen molar-refractivity contribution in [1.82, 2.24) is 9.55 Å². The van der Waals surface area contributed by atoms with E-state index in [1.165, 1.54) is 12.3 Å². The Kier molecular flexibility index (Phi) is 7.68. The Morgan fingerprint density at radius 1 is 0.806 bits per heavy atom. The van der Waals surface area contributed by atoms with Crippen LogP contribution in [0.5, 0.6) is 11.5 Å². The number of hydrogen-bond donors (Lipinski definition) is 2. The first-order chi connectivity index (χ1) is 17.5. The van der Waals surface area contributed by atoms with Crippen molar-refractivity contribution in [3.8, 4) is 11.5 Å². The van der Waals surface area contributed by atoms with E-state index in [0.717, 1.165) is 21.3 Å². The van der Waals surface area contributed by atoms with Gasteiger partial charge in [0, 0.05) is 12.3 Å². The molecular formula is C28H28N2O6. The van der Waals surface area contributed by atoms with E-state index in [4.69, 9.17) is 14.2 Å². The van der Waals surface area contributed by atoms with Gasteiger partial charge in [0.05, 0.1) is 33.5 Å². The Morgan fingerprint density at radius 3 is 1.83 bits per heavy atom. The minimum atomic E-state index is -1.13. The highest BCUT2D eigenvalue weighted by molar-refractivity contribution is 5.49. The summed E-state index contributed by atoms with van der Waals surface area (Å²) in [6, 6.07) is 25.9. The van der Waals surface area contributed by atoms with Gasteiger partial charge < -0.3 is 24.3 Å². The molecule has 4 aromatic rings. The number of methoxy groups -OCH3 is 2. The molecule has 8 nitrogen and oxygen atoms in total. The molecular weight excluding hydrogens is 460 g/mol. The monoisotopic (exact) mass is 488 g/mol. The quantitative estimate of drug-likeness (QED) is 0.333. The fourth-order valence-electron chi connectivity index (χ4n) is 4.18. The van der Waals surface area contributed by atoms with E-state index in [1.54, 1.807) is 14.2 Å². The van der Waals surface area contributed by atoms with Gasteiger partial charge in [-0.15, -0.1) is 0 Å². The molecule has 0 spiro atoms. The van der Waals surface area contributed by atoms with Crippen LogP contribution in [-0.2, 0) is 16.9 Å². The van der Waals surface area contributed by atoms with Crippen LogP contribution in [0.25, 0.3) is 0 Å². The predicted molar refractivity (Wildman–Crippen MR) is 136 cm³/mol. The molecule has 0 amide bonds. The highest BCUT2D eigenvalue weighted by Crippen LogP contribution is 2.41. The maximum atomic E-state index is 12.1. The fourth-order valence-corrected chi connectivity index (χ4v) is 4.18. The van der Waals surface area contributed by atoms with E-state index in [2.05, 4.69) is 4.98 Å². The van der Waals surface area contributed by atoms with Crippen molar-refractivity contribution >= 4 is 0 Å². The van der Waals surface area contributed by atoms with E-state index in [1.807, 2.05) is 78.9 Å². The zero-order valence-electron chi connectivity index (χ0n) is 20.1. The molecule has 8 heteroatoms. The number of ether oxygens (including phenoxy) is 3. The van der Waals surface area contributed by atoms with Gasteiger partial charge in [-0.1, -0.05) is 54.6 Å². The van der Waals surface area contributed by atoms with Crippen molar-refractivity contribution in [2.45, 2.75) is 18.2 Å². The third-order valence-electron chi connectivity index (χ3n) is 6.00. The van der Waals surface area contributed by atoms with Crippen molar-refractivity contribution in [3.05, 3.63) is 129 Å². The number of hydrogen-bond acceptors (Lipinski definition) is 6. The molecule has 3 aromatic carbocycles. The molecule has 0 fully saturated rings. The molecule has 1 unspecified atom stereocenters. The number of aromatic nitrogens is 2. The third-order valence-corrected chi connectivity index (χ3v) is 6.00. The van der Waals surface area contributed by atoms with Gasteiger partial charge in [0.2, 0.25) is 0 Å².